The molecule has 0 amide bonds. The van der Waals surface area contributed by atoms with Crippen LogP contribution in [0.15, 0.2) is 0 Å². The van der Waals surface area contributed by atoms with E-state index in [1.165, 1.54) is 58.2 Å². The third-order valence-electron chi connectivity index (χ3n) is 5.53. The van der Waals surface area contributed by atoms with E-state index in [1.807, 2.05) is 0 Å². The Labute approximate surface area is 120 Å². The smallest absolute Gasteiger partial charge is 0.0274 e. The zero-order valence-corrected chi connectivity index (χ0v) is 13.5. The van der Waals surface area contributed by atoms with E-state index in [0.717, 1.165) is 12.0 Å². The molecule has 2 nitrogen and oxygen atoms in total. The van der Waals surface area contributed by atoms with E-state index in [-0.39, 0.29) is 0 Å². The minimum absolute atomic E-state index is 0.461. The van der Waals surface area contributed by atoms with Crippen molar-refractivity contribution >= 4 is 0 Å². The second kappa shape index (κ2) is 6.58. The Balaban J connectivity index is 2.03. The number of hydrogen-bond acceptors (Lipinski definition) is 2. The van der Waals surface area contributed by atoms with Crippen molar-refractivity contribution in [3.05, 3.63) is 0 Å². The third-order valence-corrected chi connectivity index (χ3v) is 5.53. The van der Waals surface area contributed by atoms with Gasteiger partial charge >= 0.3 is 0 Å². The van der Waals surface area contributed by atoms with Crippen LogP contribution in [0.1, 0.15) is 66.2 Å². The Hall–Kier alpha value is -0.0800. The highest BCUT2D eigenvalue weighted by Gasteiger charge is 2.42. The maximum atomic E-state index is 3.88. The standard InChI is InChI=1S/C17H34N2/c1-5-11-18-16-15(8-7-10-17(16,3)4)19-12-9-14(6-2)13-19/h14-16,18H,5-13H2,1-4H3. The van der Waals surface area contributed by atoms with Crippen LogP contribution in [0.4, 0.5) is 0 Å². The highest BCUT2D eigenvalue weighted by molar-refractivity contribution is 4.99. The van der Waals surface area contributed by atoms with Crippen LogP contribution >= 0.6 is 0 Å². The fourth-order valence-electron chi connectivity index (χ4n) is 4.21. The molecule has 19 heavy (non-hydrogen) atoms. The highest BCUT2D eigenvalue weighted by Crippen LogP contribution is 2.39. The summed E-state index contributed by atoms with van der Waals surface area (Å²) in [4.78, 5) is 2.81. The average Bonchev–Trinajstić information content (AvgIpc) is 2.85. The fourth-order valence-corrected chi connectivity index (χ4v) is 4.21. The van der Waals surface area contributed by atoms with Gasteiger partial charge in [-0.25, -0.2) is 0 Å². The molecule has 0 aromatic rings. The summed E-state index contributed by atoms with van der Waals surface area (Å²) in [6, 6.07) is 1.48. The summed E-state index contributed by atoms with van der Waals surface area (Å²) in [5.74, 6) is 0.955. The van der Waals surface area contributed by atoms with Crippen LogP contribution in [-0.4, -0.2) is 36.6 Å². The Morgan fingerprint density at radius 1 is 1.21 bits per heavy atom. The normalized spacial score (nSPS) is 35.7. The van der Waals surface area contributed by atoms with E-state index in [2.05, 4.69) is 37.9 Å². The first kappa shape index (κ1) is 15.3. The van der Waals surface area contributed by atoms with Crippen molar-refractivity contribution in [1.82, 2.24) is 10.2 Å². The Bertz CT molecular complexity index is 274. The molecular formula is C17H34N2. The summed E-state index contributed by atoms with van der Waals surface area (Å²) < 4.78 is 0. The number of nitrogens with one attached hydrogen (secondary N) is 1. The van der Waals surface area contributed by atoms with Crippen LogP contribution in [-0.2, 0) is 0 Å². The molecule has 1 saturated heterocycles. The number of nitrogens with zero attached hydrogens (tertiary/aromatic N) is 1. The lowest BCUT2D eigenvalue weighted by atomic mass is 9.70. The molecule has 1 aliphatic carbocycles. The molecule has 0 aromatic heterocycles. The molecule has 0 aromatic carbocycles. The minimum atomic E-state index is 0.461. The lowest BCUT2D eigenvalue weighted by Crippen LogP contribution is -2.58. The van der Waals surface area contributed by atoms with Crippen LogP contribution in [0.5, 0.6) is 0 Å². The monoisotopic (exact) mass is 266 g/mol. The van der Waals surface area contributed by atoms with Gasteiger partial charge in [0, 0.05) is 18.6 Å². The summed E-state index contributed by atoms with van der Waals surface area (Å²) in [5.41, 5.74) is 0.461. The Morgan fingerprint density at radius 3 is 2.63 bits per heavy atom. The lowest BCUT2D eigenvalue weighted by Gasteiger charge is -2.48. The predicted molar refractivity (Wildman–Crippen MR) is 83.5 cm³/mol. The summed E-state index contributed by atoms with van der Waals surface area (Å²) >= 11 is 0. The van der Waals surface area contributed by atoms with Gasteiger partial charge in [-0.05, 0) is 50.1 Å². The summed E-state index contributed by atoms with van der Waals surface area (Å²) in [7, 11) is 0. The van der Waals surface area contributed by atoms with Gasteiger partial charge in [0.05, 0.1) is 0 Å². The van der Waals surface area contributed by atoms with E-state index < -0.39 is 0 Å². The quantitative estimate of drug-likeness (QED) is 0.817. The first-order chi connectivity index (χ1) is 9.08. The maximum absolute atomic E-state index is 3.88. The first-order valence-corrected chi connectivity index (χ1v) is 8.56. The molecule has 2 aliphatic rings. The number of likely N-dealkylation sites (tertiary alicyclic amines) is 1. The predicted octanol–water partition coefficient (Wildman–Crippen LogP) is 3.67. The Kier molecular flexibility index (Phi) is 5.30. The van der Waals surface area contributed by atoms with Gasteiger partial charge in [-0.1, -0.05) is 40.5 Å². The fraction of sp³-hybridized carbons (Fsp3) is 1.00. The molecule has 0 bridgehead atoms. The van der Waals surface area contributed by atoms with Gasteiger partial charge in [-0.15, -0.1) is 0 Å². The van der Waals surface area contributed by atoms with Gasteiger partial charge in [0.2, 0.25) is 0 Å². The Morgan fingerprint density at radius 2 is 2.00 bits per heavy atom. The molecule has 1 saturated carbocycles. The summed E-state index contributed by atoms with van der Waals surface area (Å²) in [6.45, 7) is 13.4. The average molecular weight is 266 g/mol. The molecule has 0 spiro atoms. The van der Waals surface area contributed by atoms with Crippen molar-refractivity contribution in [2.24, 2.45) is 11.3 Å². The third kappa shape index (κ3) is 3.52. The molecule has 1 aliphatic heterocycles. The van der Waals surface area contributed by atoms with Gasteiger partial charge in [0.1, 0.15) is 0 Å². The molecule has 2 rings (SSSR count). The highest BCUT2D eigenvalue weighted by atomic mass is 15.2. The van der Waals surface area contributed by atoms with Crippen LogP contribution in [0, 0.1) is 11.3 Å². The number of hydrogen-bond donors (Lipinski definition) is 1. The molecule has 1 heterocycles. The van der Waals surface area contributed by atoms with Crippen LogP contribution < -0.4 is 5.32 Å². The topological polar surface area (TPSA) is 15.3 Å². The van der Waals surface area contributed by atoms with E-state index in [1.54, 1.807) is 0 Å². The van der Waals surface area contributed by atoms with Crippen LogP contribution in [0.3, 0.4) is 0 Å². The first-order valence-electron chi connectivity index (χ1n) is 8.56. The molecule has 2 fully saturated rings. The van der Waals surface area contributed by atoms with E-state index >= 15 is 0 Å². The largest absolute Gasteiger partial charge is 0.312 e. The molecule has 2 heteroatoms. The van der Waals surface area contributed by atoms with Crippen molar-refractivity contribution in [3.8, 4) is 0 Å². The van der Waals surface area contributed by atoms with Gasteiger partial charge in [0.25, 0.3) is 0 Å². The molecular weight excluding hydrogens is 232 g/mol. The van der Waals surface area contributed by atoms with E-state index in [9.17, 15) is 0 Å². The minimum Gasteiger partial charge on any atom is -0.312 e. The van der Waals surface area contributed by atoms with Crippen molar-refractivity contribution in [2.75, 3.05) is 19.6 Å². The summed E-state index contributed by atoms with van der Waals surface area (Å²) in [5, 5.41) is 3.88. The van der Waals surface area contributed by atoms with Crippen LogP contribution in [0.2, 0.25) is 0 Å². The summed E-state index contributed by atoms with van der Waals surface area (Å²) in [6.07, 6.45) is 8.23. The van der Waals surface area contributed by atoms with Crippen molar-refractivity contribution in [3.63, 3.8) is 0 Å². The van der Waals surface area contributed by atoms with Gasteiger partial charge < -0.3 is 5.32 Å². The number of rotatable bonds is 5. The van der Waals surface area contributed by atoms with Gasteiger partial charge in [-0.3, -0.25) is 4.90 Å². The molecule has 0 radical (unpaired) electrons. The second-order valence-corrected chi connectivity index (χ2v) is 7.44. The zero-order valence-electron chi connectivity index (χ0n) is 13.5. The van der Waals surface area contributed by atoms with Crippen molar-refractivity contribution in [1.29, 1.82) is 0 Å². The van der Waals surface area contributed by atoms with E-state index in [0.29, 0.717) is 11.5 Å². The molecule has 112 valence electrons. The zero-order chi connectivity index (χ0) is 13.9. The molecule has 1 N–H and O–H groups in total. The van der Waals surface area contributed by atoms with Gasteiger partial charge in [-0.2, -0.15) is 0 Å². The second-order valence-electron chi connectivity index (χ2n) is 7.44. The van der Waals surface area contributed by atoms with E-state index in [4.69, 9.17) is 0 Å². The molecule has 3 atom stereocenters. The van der Waals surface area contributed by atoms with Crippen molar-refractivity contribution < 1.29 is 0 Å². The molecule has 3 unspecified atom stereocenters. The van der Waals surface area contributed by atoms with Gasteiger partial charge in [0.15, 0.2) is 0 Å². The lowest BCUT2D eigenvalue weighted by molar-refractivity contribution is 0.0596. The van der Waals surface area contributed by atoms with Crippen LogP contribution in [0.25, 0.3) is 0 Å². The van der Waals surface area contributed by atoms with Crippen molar-refractivity contribution in [2.45, 2.75) is 78.3 Å². The maximum Gasteiger partial charge on any atom is 0.0274 e. The SMILES string of the molecule is CCCNC1C(N2CCC(CC)C2)CCCC1(C)C.